The molecule has 0 saturated heterocycles. The molecule has 0 heterocycles. The molecule has 2 N–H and O–H groups in total. The molecule has 0 fully saturated rings. The monoisotopic (exact) mass is 500 g/mol. The molecule has 0 aliphatic heterocycles. The van der Waals surface area contributed by atoms with Crippen molar-refractivity contribution in [3.05, 3.63) is 47.6 Å². The van der Waals surface area contributed by atoms with Gasteiger partial charge in [0.15, 0.2) is 0 Å². The summed E-state index contributed by atoms with van der Waals surface area (Å²) in [6, 6.07) is 0. The Bertz CT molecular complexity index is 656. The highest BCUT2D eigenvalue weighted by Crippen LogP contribution is 2.52. The van der Waals surface area contributed by atoms with Crippen LogP contribution in [0.1, 0.15) is 55.4 Å². The van der Waals surface area contributed by atoms with Gasteiger partial charge < -0.3 is 10.2 Å². The average molecular weight is 502 g/mol. The summed E-state index contributed by atoms with van der Waals surface area (Å²) in [4.78, 5) is 0. The molecule has 2 nitrogen and oxygen atoms in total. The van der Waals surface area contributed by atoms with Crippen molar-refractivity contribution in [2.45, 2.75) is 76.2 Å². The first-order valence-electron chi connectivity index (χ1n) is 9.54. The van der Waals surface area contributed by atoms with E-state index in [1.807, 2.05) is 24.3 Å². The van der Waals surface area contributed by atoms with Crippen molar-refractivity contribution in [1.82, 2.24) is 0 Å². The lowest BCUT2D eigenvalue weighted by molar-refractivity contribution is 0.132. The quantitative estimate of drug-likeness (QED) is 0.449. The number of halogens is 2. The Morgan fingerprint density at radius 2 is 1.00 bits per heavy atom. The molecule has 0 radical (unpaired) electrons. The Hall–Kier alpha value is -0.160. The zero-order valence-electron chi connectivity index (χ0n) is 17.8. The molecule has 2 aliphatic carbocycles. The number of alkyl halides is 2. The van der Waals surface area contributed by atoms with Gasteiger partial charge in [-0.3, -0.25) is 0 Å². The van der Waals surface area contributed by atoms with Gasteiger partial charge in [0, 0.05) is 5.41 Å². The van der Waals surface area contributed by atoms with Crippen LogP contribution >= 0.6 is 31.9 Å². The van der Waals surface area contributed by atoms with Crippen LogP contribution < -0.4 is 0 Å². The van der Waals surface area contributed by atoms with Crippen molar-refractivity contribution >= 4 is 31.9 Å². The van der Waals surface area contributed by atoms with E-state index in [4.69, 9.17) is 0 Å². The Morgan fingerprint density at radius 1 is 0.704 bits per heavy atom. The smallest absolute Gasteiger partial charge is 0.0917 e. The van der Waals surface area contributed by atoms with Crippen molar-refractivity contribution in [2.75, 3.05) is 0 Å². The number of aliphatic hydroxyl groups is 2. The number of hydrogen-bond donors (Lipinski definition) is 2. The van der Waals surface area contributed by atoms with Gasteiger partial charge in [0.25, 0.3) is 0 Å². The summed E-state index contributed by atoms with van der Waals surface area (Å²) in [6.07, 6.45) is 11.0. The highest BCUT2D eigenvalue weighted by Gasteiger charge is 2.48. The summed E-state index contributed by atoms with van der Waals surface area (Å²) < 4.78 is -1.06. The van der Waals surface area contributed by atoms with Crippen LogP contribution in [-0.4, -0.2) is 31.1 Å². The third-order valence-corrected chi connectivity index (χ3v) is 10.0. The van der Waals surface area contributed by atoms with E-state index >= 15 is 0 Å². The standard InChI is InChI=1S/C23H34Br2O2/c1-19(2,3)22(24)13-15(9-11-17(22)26)21(7,8)16-10-12-18(27)23(25,14-16)20(4,5)6/h9-14,17-18,26-27H,1-8H3. The lowest BCUT2D eigenvalue weighted by atomic mass is 9.65. The second kappa shape index (κ2) is 6.97. The van der Waals surface area contributed by atoms with E-state index in [1.165, 1.54) is 0 Å². The summed E-state index contributed by atoms with van der Waals surface area (Å²) in [5.74, 6) is 0. The SMILES string of the molecule is CC(C)(C1=CC(Br)(C(C)(C)C)C(O)C=C1)C1=CC(Br)(C(C)(C)C)C(O)C=C1. The van der Waals surface area contributed by atoms with E-state index in [9.17, 15) is 10.2 Å². The molecule has 0 bridgehead atoms. The highest BCUT2D eigenvalue weighted by atomic mass is 79.9. The van der Waals surface area contributed by atoms with Gasteiger partial charge in [0.05, 0.1) is 20.9 Å². The van der Waals surface area contributed by atoms with Crippen LogP contribution in [0.15, 0.2) is 47.6 Å². The molecule has 4 heteroatoms. The number of hydrogen-bond acceptors (Lipinski definition) is 2. The minimum atomic E-state index is -0.584. The first kappa shape index (κ1) is 23.1. The van der Waals surface area contributed by atoms with Crippen LogP contribution in [0.5, 0.6) is 0 Å². The summed E-state index contributed by atoms with van der Waals surface area (Å²) in [7, 11) is 0. The van der Waals surface area contributed by atoms with Gasteiger partial charge in [-0.05, 0) is 22.0 Å². The van der Waals surface area contributed by atoms with Crippen molar-refractivity contribution in [1.29, 1.82) is 0 Å². The van der Waals surface area contributed by atoms with Crippen molar-refractivity contribution in [3.8, 4) is 0 Å². The fourth-order valence-electron chi connectivity index (χ4n) is 3.65. The molecule has 0 aromatic carbocycles. The van der Waals surface area contributed by atoms with Gasteiger partial charge in [0.2, 0.25) is 0 Å². The minimum Gasteiger partial charge on any atom is -0.387 e. The molecule has 0 spiro atoms. The Kier molecular flexibility index (Phi) is 5.97. The van der Waals surface area contributed by atoms with Crippen molar-refractivity contribution in [3.63, 3.8) is 0 Å². The van der Waals surface area contributed by atoms with Gasteiger partial charge in [-0.15, -0.1) is 0 Å². The first-order chi connectivity index (χ1) is 12.0. The van der Waals surface area contributed by atoms with Crippen LogP contribution in [0.4, 0.5) is 0 Å². The second-order valence-electron chi connectivity index (χ2n) is 10.5. The van der Waals surface area contributed by atoms with Crippen LogP contribution in [0, 0.1) is 16.2 Å². The van der Waals surface area contributed by atoms with Crippen LogP contribution in [0.25, 0.3) is 0 Å². The van der Waals surface area contributed by atoms with E-state index in [-0.39, 0.29) is 16.2 Å². The molecule has 0 amide bonds. The Balaban J connectivity index is 2.56. The largest absolute Gasteiger partial charge is 0.387 e. The van der Waals surface area contributed by atoms with E-state index in [0.717, 1.165) is 11.1 Å². The molecular formula is C23H34Br2O2. The summed E-state index contributed by atoms with van der Waals surface area (Å²) in [5.41, 5.74) is 1.71. The van der Waals surface area contributed by atoms with Gasteiger partial charge in [-0.25, -0.2) is 0 Å². The van der Waals surface area contributed by atoms with Gasteiger partial charge >= 0.3 is 0 Å². The fourth-order valence-corrected chi connectivity index (χ4v) is 4.45. The average Bonchev–Trinajstić information content (AvgIpc) is 2.50. The molecule has 0 aromatic rings. The van der Waals surface area contributed by atoms with E-state index < -0.39 is 20.9 Å². The normalized spacial score (nSPS) is 35.1. The maximum atomic E-state index is 10.6. The second-order valence-corrected chi connectivity index (χ2v) is 13.1. The van der Waals surface area contributed by atoms with Crippen LogP contribution in [-0.2, 0) is 0 Å². The lowest BCUT2D eigenvalue weighted by Crippen LogP contribution is -2.48. The van der Waals surface area contributed by atoms with E-state index in [1.54, 1.807) is 0 Å². The molecule has 0 saturated carbocycles. The van der Waals surface area contributed by atoms with E-state index in [0.29, 0.717) is 0 Å². The third kappa shape index (κ3) is 3.84. The molecular weight excluding hydrogens is 468 g/mol. The van der Waals surface area contributed by atoms with Gasteiger partial charge in [-0.1, -0.05) is 124 Å². The minimum absolute atomic E-state index is 0.157. The molecule has 152 valence electrons. The molecule has 4 atom stereocenters. The molecule has 4 unspecified atom stereocenters. The molecule has 2 rings (SSSR count). The zero-order chi connectivity index (χ0) is 21.1. The first-order valence-corrected chi connectivity index (χ1v) is 11.1. The zero-order valence-corrected chi connectivity index (χ0v) is 20.9. The molecule has 0 aromatic heterocycles. The van der Waals surface area contributed by atoms with Gasteiger partial charge in [0.1, 0.15) is 0 Å². The van der Waals surface area contributed by atoms with Crippen LogP contribution in [0.2, 0.25) is 0 Å². The molecule has 27 heavy (non-hydrogen) atoms. The lowest BCUT2D eigenvalue weighted by Gasteiger charge is -2.46. The Morgan fingerprint density at radius 3 is 1.26 bits per heavy atom. The van der Waals surface area contributed by atoms with Crippen LogP contribution in [0.3, 0.4) is 0 Å². The van der Waals surface area contributed by atoms with Crippen molar-refractivity contribution in [2.24, 2.45) is 16.2 Å². The van der Waals surface area contributed by atoms with Crippen molar-refractivity contribution < 1.29 is 10.2 Å². The number of aliphatic hydroxyl groups excluding tert-OH is 2. The van der Waals surface area contributed by atoms with Gasteiger partial charge in [-0.2, -0.15) is 0 Å². The molecule has 2 aliphatic rings. The fraction of sp³-hybridized carbons (Fsp3) is 0.652. The van der Waals surface area contributed by atoms with E-state index in [2.05, 4.69) is 99.4 Å². The number of rotatable bonds is 2. The third-order valence-electron chi connectivity index (χ3n) is 6.25. The Labute approximate surface area is 181 Å². The highest BCUT2D eigenvalue weighted by molar-refractivity contribution is 9.10. The maximum Gasteiger partial charge on any atom is 0.0917 e. The summed E-state index contributed by atoms with van der Waals surface area (Å²) >= 11 is 7.68. The summed E-state index contributed by atoms with van der Waals surface area (Å²) in [5, 5.41) is 21.3. The predicted molar refractivity (Wildman–Crippen MR) is 122 cm³/mol. The predicted octanol–water partition coefficient (Wildman–Crippen LogP) is 6.09. The number of allylic oxidation sites excluding steroid dienone is 4. The maximum absolute atomic E-state index is 10.6. The topological polar surface area (TPSA) is 40.5 Å². The summed E-state index contributed by atoms with van der Waals surface area (Å²) in [6.45, 7) is 17.2.